The van der Waals surface area contributed by atoms with Gasteiger partial charge in [0.05, 0.1) is 6.16 Å². The summed E-state index contributed by atoms with van der Waals surface area (Å²) in [6.45, 7) is 0.792. The molecule has 0 amide bonds. The van der Waals surface area contributed by atoms with E-state index in [1.165, 1.54) is 33.5 Å². The first-order valence-corrected chi connectivity index (χ1v) is 8.97. The van der Waals surface area contributed by atoms with E-state index >= 15 is 0 Å². The third-order valence-corrected chi connectivity index (χ3v) is 5.08. The predicted molar refractivity (Wildman–Crippen MR) is 81.6 cm³/mol. The molecule has 0 aromatic heterocycles. The van der Waals surface area contributed by atoms with Crippen molar-refractivity contribution in [3.8, 4) is 0 Å². The van der Waals surface area contributed by atoms with Gasteiger partial charge < -0.3 is 14.8 Å². The molecule has 0 aromatic rings. The molecule has 19 heavy (non-hydrogen) atoms. The van der Waals surface area contributed by atoms with Crippen LogP contribution in [0.25, 0.3) is 0 Å². The SMILES string of the molecule is COP(=O)(CCCCCC/C=C\CCCCN)OC. The fraction of sp³-hybridized carbons (Fsp3) is 0.857. The molecule has 0 aliphatic carbocycles. The second-order valence-corrected chi connectivity index (χ2v) is 7.06. The van der Waals surface area contributed by atoms with Gasteiger partial charge in [-0.2, -0.15) is 0 Å². The molecule has 114 valence electrons. The Labute approximate surface area is 118 Å². The van der Waals surface area contributed by atoms with E-state index < -0.39 is 7.60 Å². The zero-order valence-corrected chi connectivity index (χ0v) is 13.4. The Morgan fingerprint density at radius 2 is 1.42 bits per heavy atom. The Morgan fingerprint density at radius 3 is 1.95 bits per heavy atom. The van der Waals surface area contributed by atoms with Crippen LogP contribution in [0.3, 0.4) is 0 Å². The van der Waals surface area contributed by atoms with E-state index in [1.54, 1.807) is 0 Å². The van der Waals surface area contributed by atoms with Crippen LogP contribution in [0.5, 0.6) is 0 Å². The molecule has 0 aromatic carbocycles. The molecule has 0 fully saturated rings. The third-order valence-electron chi connectivity index (χ3n) is 3.10. The average Bonchev–Trinajstić information content (AvgIpc) is 2.44. The van der Waals surface area contributed by atoms with Gasteiger partial charge in [-0.3, -0.25) is 4.57 Å². The molecule has 0 saturated heterocycles. The molecule has 0 unspecified atom stereocenters. The molecule has 0 spiro atoms. The van der Waals surface area contributed by atoms with E-state index in [2.05, 4.69) is 12.2 Å². The first-order chi connectivity index (χ1) is 9.18. The van der Waals surface area contributed by atoms with Crippen LogP contribution in [0, 0.1) is 0 Å². The van der Waals surface area contributed by atoms with Crippen LogP contribution >= 0.6 is 7.60 Å². The van der Waals surface area contributed by atoms with Gasteiger partial charge in [0, 0.05) is 14.2 Å². The standard InChI is InChI=1S/C14H30NO3P/c1-17-19(16,18-2)14-12-10-8-6-4-3-5-7-9-11-13-15/h3,5H,4,6-15H2,1-2H3/b5-3-. The molecule has 0 saturated carbocycles. The monoisotopic (exact) mass is 291 g/mol. The lowest BCUT2D eigenvalue weighted by Gasteiger charge is -2.12. The van der Waals surface area contributed by atoms with Crippen LogP contribution < -0.4 is 5.73 Å². The Kier molecular flexibility index (Phi) is 12.8. The molecule has 0 aliphatic heterocycles. The Balaban J connectivity index is 3.34. The van der Waals surface area contributed by atoms with Gasteiger partial charge in [-0.05, 0) is 45.1 Å². The summed E-state index contributed by atoms with van der Waals surface area (Å²) < 4.78 is 21.5. The molecular formula is C14H30NO3P. The molecule has 0 atom stereocenters. The summed E-state index contributed by atoms with van der Waals surface area (Å²) in [5.41, 5.74) is 5.43. The summed E-state index contributed by atoms with van der Waals surface area (Å²) in [5, 5.41) is 0. The molecule has 0 heterocycles. The van der Waals surface area contributed by atoms with Gasteiger partial charge >= 0.3 is 7.60 Å². The minimum Gasteiger partial charge on any atom is -0.330 e. The highest BCUT2D eigenvalue weighted by atomic mass is 31.2. The van der Waals surface area contributed by atoms with Crippen molar-refractivity contribution in [3.63, 3.8) is 0 Å². The maximum atomic E-state index is 11.7. The molecule has 0 rings (SSSR count). The van der Waals surface area contributed by atoms with Gasteiger partial charge in [-0.1, -0.05) is 25.0 Å². The van der Waals surface area contributed by atoms with Crippen molar-refractivity contribution in [3.05, 3.63) is 12.2 Å². The molecule has 0 aliphatic rings. The van der Waals surface area contributed by atoms with E-state index in [0.717, 1.165) is 38.6 Å². The number of rotatable bonds is 13. The first-order valence-electron chi connectivity index (χ1n) is 7.24. The number of hydrogen-bond donors (Lipinski definition) is 1. The largest absolute Gasteiger partial charge is 0.330 e. The van der Waals surface area contributed by atoms with Gasteiger partial charge in [0.1, 0.15) is 0 Å². The Hall–Kier alpha value is -0.150. The van der Waals surface area contributed by atoms with Crippen LogP contribution in [-0.4, -0.2) is 26.9 Å². The second kappa shape index (κ2) is 12.9. The number of unbranched alkanes of at least 4 members (excludes halogenated alkanes) is 6. The maximum Gasteiger partial charge on any atom is 0.330 e. The minimum absolute atomic E-state index is 0.523. The summed E-state index contributed by atoms with van der Waals surface area (Å²) in [5.74, 6) is 0. The Bertz CT molecular complexity index is 261. The molecular weight excluding hydrogens is 261 g/mol. The van der Waals surface area contributed by atoms with Gasteiger partial charge in [0.2, 0.25) is 0 Å². The number of allylic oxidation sites excluding steroid dienone is 2. The lowest BCUT2D eigenvalue weighted by molar-refractivity contribution is 0.275. The van der Waals surface area contributed by atoms with Crippen molar-refractivity contribution in [2.75, 3.05) is 26.9 Å². The van der Waals surface area contributed by atoms with Crippen LogP contribution in [0.15, 0.2) is 12.2 Å². The van der Waals surface area contributed by atoms with E-state index in [-0.39, 0.29) is 0 Å². The highest BCUT2D eigenvalue weighted by Crippen LogP contribution is 2.47. The normalized spacial score (nSPS) is 12.4. The summed E-state index contributed by atoms with van der Waals surface area (Å²) in [6, 6.07) is 0. The zero-order chi connectivity index (χ0) is 14.4. The predicted octanol–water partition coefficient (Wildman–Crippen LogP) is 4.11. The molecule has 0 radical (unpaired) electrons. The van der Waals surface area contributed by atoms with Crippen LogP contribution in [0.4, 0.5) is 0 Å². The summed E-state index contributed by atoms with van der Waals surface area (Å²) in [6.07, 6.45) is 14.0. The fourth-order valence-electron chi connectivity index (χ4n) is 1.82. The lowest BCUT2D eigenvalue weighted by atomic mass is 10.1. The van der Waals surface area contributed by atoms with Crippen molar-refractivity contribution >= 4 is 7.60 Å². The Morgan fingerprint density at radius 1 is 0.895 bits per heavy atom. The molecule has 2 N–H and O–H groups in total. The van der Waals surface area contributed by atoms with Crippen molar-refractivity contribution in [2.24, 2.45) is 5.73 Å². The quantitative estimate of drug-likeness (QED) is 0.315. The van der Waals surface area contributed by atoms with Crippen LogP contribution in [0.2, 0.25) is 0 Å². The maximum absolute atomic E-state index is 11.7. The van der Waals surface area contributed by atoms with Crippen molar-refractivity contribution in [1.29, 1.82) is 0 Å². The fourth-order valence-corrected chi connectivity index (χ4v) is 2.95. The van der Waals surface area contributed by atoms with E-state index in [4.69, 9.17) is 14.8 Å². The van der Waals surface area contributed by atoms with Crippen molar-refractivity contribution < 1.29 is 13.6 Å². The van der Waals surface area contributed by atoms with Crippen LogP contribution in [-0.2, 0) is 13.6 Å². The smallest absolute Gasteiger partial charge is 0.330 e. The van der Waals surface area contributed by atoms with Crippen molar-refractivity contribution in [2.45, 2.75) is 51.4 Å². The van der Waals surface area contributed by atoms with Crippen molar-refractivity contribution in [1.82, 2.24) is 0 Å². The first kappa shape index (κ1) is 18.9. The molecule has 4 nitrogen and oxygen atoms in total. The third kappa shape index (κ3) is 11.4. The molecule has 0 bridgehead atoms. The summed E-state index contributed by atoms with van der Waals surface area (Å²) in [7, 11) is 0.106. The average molecular weight is 291 g/mol. The zero-order valence-electron chi connectivity index (χ0n) is 12.5. The summed E-state index contributed by atoms with van der Waals surface area (Å²) >= 11 is 0. The molecule has 5 heteroatoms. The number of nitrogens with two attached hydrogens (primary N) is 1. The van der Waals surface area contributed by atoms with E-state index in [1.807, 2.05) is 0 Å². The minimum atomic E-state index is -2.78. The highest BCUT2D eigenvalue weighted by Gasteiger charge is 2.19. The summed E-state index contributed by atoms with van der Waals surface area (Å²) in [4.78, 5) is 0. The van der Waals surface area contributed by atoms with Gasteiger partial charge in [-0.25, -0.2) is 0 Å². The second-order valence-electron chi connectivity index (χ2n) is 4.66. The lowest BCUT2D eigenvalue weighted by Crippen LogP contribution is -1.96. The highest BCUT2D eigenvalue weighted by molar-refractivity contribution is 7.53. The number of hydrogen-bond acceptors (Lipinski definition) is 4. The van der Waals surface area contributed by atoms with Gasteiger partial charge in [-0.15, -0.1) is 0 Å². The van der Waals surface area contributed by atoms with Gasteiger partial charge in [0.15, 0.2) is 0 Å². The van der Waals surface area contributed by atoms with Gasteiger partial charge in [0.25, 0.3) is 0 Å². The van der Waals surface area contributed by atoms with E-state index in [0.29, 0.717) is 6.16 Å². The van der Waals surface area contributed by atoms with E-state index in [9.17, 15) is 4.57 Å². The topological polar surface area (TPSA) is 61.5 Å². The van der Waals surface area contributed by atoms with Crippen LogP contribution in [0.1, 0.15) is 51.4 Å².